The second kappa shape index (κ2) is 5.51. The van der Waals surface area contributed by atoms with Crippen LogP contribution in [0.3, 0.4) is 0 Å². The number of methoxy groups -OCH3 is 1. The van der Waals surface area contributed by atoms with Crippen LogP contribution in [0.4, 0.5) is 0 Å². The minimum atomic E-state index is -0.0722. The summed E-state index contributed by atoms with van der Waals surface area (Å²) >= 11 is 0. The molecule has 0 spiro atoms. The van der Waals surface area contributed by atoms with Crippen LogP contribution in [0, 0.1) is 0 Å². The highest BCUT2D eigenvalue weighted by molar-refractivity contribution is 5.79. The van der Waals surface area contributed by atoms with Crippen molar-refractivity contribution < 1.29 is 4.74 Å². The third-order valence-electron chi connectivity index (χ3n) is 4.63. The summed E-state index contributed by atoms with van der Waals surface area (Å²) in [6.45, 7) is 0. The predicted octanol–water partition coefficient (Wildman–Crippen LogP) is 3.45. The van der Waals surface area contributed by atoms with Gasteiger partial charge in [0.05, 0.1) is 17.2 Å². The third-order valence-corrected chi connectivity index (χ3v) is 4.63. The highest BCUT2D eigenvalue weighted by Gasteiger charge is 2.41. The molecule has 2 aromatic rings. The van der Waals surface area contributed by atoms with Crippen molar-refractivity contribution in [3.05, 3.63) is 42.1 Å². The van der Waals surface area contributed by atoms with E-state index >= 15 is 0 Å². The molecule has 1 N–H and O–H groups in total. The fourth-order valence-corrected chi connectivity index (χ4v) is 3.58. The normalized spacial score (nSPS) is 19.3. The Hall–Kier alpha value is -1.45. The molecule has 20 heavy (non-hydrogen) atoms. The van der Waals surface area contributed by atoms with Crippen LogP contribution in [-0.2, 0) is 4.74 Å². The molecule has 1 heterocycles. The molecule has 106 valence electrons. The van der Waals surface area contributed by atoms with Gasteiger partial charge in [0, 0.05) is 18.7 Å². The average molecular weight is 270 g/mol. The summed E-state index contributed by atoms with van der Waals surface area (Å²) in [6.07, 6.45) is 6.59. The van der Waals surface area contributed by atoms with E-state index in [2.05, 4.69) is 34.6 Å². The Bertz CT molecular complexity index is 590. The van der Waals surface area contributed by atoms with E-state index < -0.39 is 0 Å². The number of nitrogens with one attached hydrogen (secondary N) is 1. The highest BCUT2D eigenvalue weighted by atomic mass is 16.5. The zero-order chi connectivity index (χ0) is 14.0. The number of hydrogen-bond donors (Lipinski definition) is 1. The molecule has 1 aliphatic rings. The van der Waals surface area contributed by atoms with E-state index in [-0.39, 0.29) is 11.6 Å². The van der Waals surface area contributed by atoms with E-state index in [1.807, 2.05) is 26.4 Å². The van der Waals surface area contributed by atoms with Crippen molar-refractivity contribution in [3.8, 4) is 0 Å². The Morgan fingerprint density at radius 2 is 2.05 bits per heavy atom. The van der Waals surface area contributed by atoms with E-state index in [1.54, 1.807) is 0 Å². The van der Waals surface area contributed by atoms with Crippen LogP contribution in [0.25, 0.3) is 10.9 Å². The first-order valence-electron chi connectivity index (χ1n) is 7.36. The molecule has 0 amide bonds. The van der Waals surface area contributed by atoms with Gasteiger partial charge in [-0.1, -0.05) is 31.0 Å². The number of aromatic nitrogens is 1. The van der Waals surface area contributed by atoms with Crippen LogP contribution in [0.5, 0.6) is 0 Å². The van der Waals surface area contributed by atoms with Gasteiger partial charge in [-0.3, -0.25) is 4.98 Å². The van der Waals surface area contributed by atoms with E-state index in [1.165, 1.54) is 23.8 Å². The Morgan fingerprint density at radius 3 is 2.75 bits per heavy atom. The lowest BCUT2D eigenvalue weighted by Gasteiger charge is -2.36. The van der Waals surface area contributed by atoms with E-state index in [0.29, 0.717) is 0 Å². The second-order valence-corrected chi connectivity index (χ2v) is 5.65. The first-order chi connectivity index (χ1) is 9.79. The molecule has 3 heteroatoms. The predicted molar refractivity (Wildman–Crippen MR) is 81.8 cm³/mol. The van der Waals surface area contributed by atoms with Crippen molar-refractivity contribution >= 4 is 10.9 Å². The lowest BCUT2D eigenvalue weighted by atomic mass is 9.86. The Kier molecular flexibility index (Phi) is 3.72. The lowest BCUT2D eigenvalue weighted by molar-refractivity contribution is -0.0348. The fraction of sp³-hybridized carbons (Fsp3) is 0.471. The summed E-state index contributed by atoms with van der Waals surface area (Å²) in [5.74, 6) is 0. The van der Waals surface area contributed by atoms with Gasteiger partial charge in [-0.25, -0.2) is 0 Å². The SMILES string of the molecule is CNC(c1ccc2cccnc2c1)C1(OC)CCCC1. The summed E-state index contributed by atoms with van der Waals surface area (Å²) in [7, 11) is 3.86. The Balaban J connectivity index is 2.02. The van der Waals surface area contributed by atoms with Crippen LogP contribution in [0.15, 0.2) is 36.5 Å². The molecule has 0 bridgehead atoms. The van der Waals surface area contributed by atoms with Crippen molar-refractivity contribution in [1.29, 1.82) is 0 Å². The molecular formula is C17H22N2O. The van der Waals surface area contributed by atoms with E-state index in [9.17, 15) is 0 Å². The van der Waals surface area contributed by atoms with E-state index in [4.69, 9.17) is 4.74 Å². The monoisotopic (exact) mass is 270 g/mol. The van der Waals surface area contributed by atoms with Gasteiger partial charge in [0.15, 0.2) is 0 Å². The number of pyridine rings is 1. The minimum absolute atomic E-state index is 0.0722. The topological polar surface area (TPSA) is 34.2 Å². The average Bonchev–Trinajstić information content (AvgIpc) is 2.98. The van der Waals surface area contributed by atoms with Crippen molar-refractivity contribution in [2.24, 2.45) is 0 Å². The number of fused-ring (bicyclic) bond motifs is 1. The van der Waals surface area contributed by atoms with Gasteiger partial charge < -0.3 is 10.1 Å². The van der Waals surface area contributed by atoms with Crippen LogP contribution in [0.2, 0.25) is 0 Å². The maximum absolute atomic E-state index is 5.94. The zero-order valence-corrected chi connectivity index (χ0v) is 12.2. The summed E-state index contributed by atoms with van der Waals surface area (Å²) in [5, 5.41) is 4.65. The number of nitrogens with zero attached hydrogens (tertiary/aromatic N) is 1. The summed E-state index contributed by atoms with van der Waals surface area (Å²) in [4.78, 5) is 4.47. The molecular weight excluding hydrogens is 248 g/mol. The molecule has 3 rings (SSSR count). The smallest absolute Gasteiger partial charge is 0.0872 e. The zero-order valence-electron chi connectivity index (χ0n) is 12.2. The third kappa shape index (κ3) is 2.21. The van der Waals surface area contributed by atoms with Crippen LogP contribution >= 0.6 is 0 Å². The number of rotatable bonds is 4. The standard InChI is InChI=1S/C17H22N2O/c1-18-16(17(20-2)9-3-4-10-17)14-8-7-13-6-5-11-19-15(13)12-14/h5-8,11-12,16,18H,3-4,9-10H2,1-2H3. The minimum Gasteiger partial charge on any atom is -0.376 e. The van der Waals surface area contributed by atoms with Crippen LogP contribution in [0.1, 0.15) is 37.3 Å². The summed E-state index contributed by atoms with van der Waals surface area (Å²) in [6, 6.07) is 10.8. The van der Waals surface area contributed by atoms with Gasteiger partial charge in [-0.15, -0.1) is 0 Å². The number of ether oxygens (including phenoxy) is 1. The van der Waals surface area contributed by atoms with Gasteiger partial charge >= 0.3 is 0 Å². The molecule has 1 aliphatic carbocycles. The molecule has 0 aliphatic heterocycles. The van der Waals surface area contributed by atoms with Gasteiger partial charge in [-0.2, -0.15) is 0 Å². The molecule has 1 aromatic carbocycles. The van der Waals surface area contributed by atoms with Crippen molar-refractivity contribution in [3.63, 3.8) is 0 Å². The van der Waals surface area contributed by atoms with Gasteiger partial charge in [0.25, 0.3) is 0 Å². The number of hydrogen-bond acceptors (Lipinski definition) is 3. The molecule has 3 nitrogen and oxygen atoms in total. The van der Waals surface area contributed by atoms with Gasteiger partial charge in [0.1, 0.15) is 0 Å². The van der Waals surface area contributed by atoms with E-state index in [0.717, 1.165) is 18.4 Å². The van der Waals surface area contributed by atoms with Crippen molar-refractivity contribution in [1.82, 2.24) is 10.3 Å². The largest absolute Gasteiger partial charge is 0.376 e. The molecule has 1 atom stereocenters. The molecule has 0 radical (unpaired) electrons. The van der Waals surface area contributed by atoms with Crippen LogP contribution < -0.4 is 5.32 Å². The molecule has 1 fully saturated rings. The number of benzene rings is 1. The number of likely N-dealkylation sites (N-methyl/N-ethyl adjacent to an activating group) is 1. The maximum atomic E-state index is 5.94. The lowest BCUT2D eigenvalue weighted by Crippen LogP contribution is -2.42. The quantitative estimate of drug-likeness (QED) is 0.924. The molecule has 1 saturated carbocycles. The van der Waals surface area contributed by atoms with Crippen molar-refractivity contribution in [2.45, 2.75) is 37.3 Å². The van der Waals surface area contributed by atoms with Gasteiger partial charge in [-0.05, 0) is 37.6 Å². The molecule has 1 aromatic heterocycles. The van der Waals surface area contributed by atoms with Crippen molar-refractivity contribution in [2.75, 3.05) is 14.2 Å². The summed E-state index contributed by atoms with van der Waals surface area (Å²) in [5.41, 5.74) is 2.24. The van der Waals surface area contributed by atoms with Gasteiger partial charge in [0.2, 0.25) is 0 Å². The second-order valence-electron chi connectivity index (χ2n) is 5.65. The highest BCUT2D eigenvalue weighted by Crippen LogP contribution is 2.42. The fourth-order valence-electron chi connectivity index (χ4n) is 3.58. The Morgan fingerprint density at radius 1 is 1.25 bits per heavy atom. The first-order valence-corrected chi connectivity index (χ1v) is 7.36. The molecule has 1 unspecified atom stereocenters. The molecule has 0 saturated heterocycles. The Labute approximate surface area is 120 Å². The summed E-state index contributed by atoms with van der Waals surface area (Å²) < 4.78 is 5.94. The maximum Gasteiger partial charge on any atom is 0.0872 e. The first kappa shape index (κ1) is 13.5. The van der Waals surface area contributed by atoms with Crippen LogP contribution in [-0.4, -0.2) is 24.7 Å².